The number of piperidine rings is 1. The molecule has 0 unspecified atom stereocenters. The Morgan fingerprint density at radius 2 is 1.59 bits per heavy atom. The van der Waals surface area contributed by atoms with Crippen LogP contribution in [0.3, 0.4) is 0 Å². The molecule has 1 fully saturated rings. The Morgan fingerprint density at radius 1 is 0.931 bits per heavy atom. The highest BCUT2D eigenvalue weighted by Crippen LogP contribution is 2.18. The molecular formula is C23H29N3O3. The molecule has 3 rings (SSSR count). The summed E-state index contributed by atoms with van der Waals surface area (Å²) in [6.45, 7) is 3.86. The van der Waals surface area contributed by atoms with Gasteiger partial charge in [-0.3, -0.25) is 14.5 Å². The molecule has 1 heterocycles. The minimum atomic E-state index is -0.595. The SMILES string of the molecule is COc1ccc(CNC(=O)C(=O)NCC2CCN(Cc3ccccc3)CC2)cc1. The van der Waals surface area contributed by atoms with Crippen molar-refractivity contribution in [3.05, 3.63) is 65.7 Å². The Kier molecular flexibility index (Phi) is 7.64. The van der Waals surface area contributed by atoms with E-state index in [0.717, 1.165) is 43.8 Å². The summed E-state index contributed by atoms with van der Waals surface area (Å²) in [4.78, 5) is 26.5. The van der Waals surface area contributed by atoms with E-state index >= 15 is 0 Å². The third-order valence-electron chi connectivity index (χ3n) is 5.33. The Hall–Kier alpha value is -2.86. The van der Waals surface area contributed by atoms with Gasteiger partial charge in [-0.25, -0.2) is 0 Å². The Labute approximate surface area is 172 Å². The Bertz CT molecular complexity index is 785. The Balaban J connectivity index is 1.33. The molecule has 0 aromatic heterocycles. The van der Waals surface area contributed by atoms with E-state index in [1.54, 1.807) is 7.11 Å². The zero-order chi connectivity index (χ0) is 20.5. The summed E-state index contributed by atoms with van der Waals surface area (Å²) in [6, 6.07) is 17.8. The van der Waals surface area contributed by atoms with Crippen LogP contribution in [0.1, 0.15) is 24.0 Å². The molecule has 154 valence electrons. The van der Waals surface area contributed by atoms with Gasteiger partial charge in [0.05, 0.1) is 7.11 Å². The molecule has 0 bridgehead atoms. The number of benzene rings is 2. The van der Waals surface area contributed by atoms with Crippen LogP contribution in [0.5, 0.6) is 5.75 Å². The number of likely N-dealkylation sites (tertiary alicyclic amines) is 1. The molecular weight excluding hydrogens is 366 g/mol. The lowest BCUT2D eigenvalue weighted by molar-refractivity contribution is -0.139. The van der Waals surface area contributed by atoms with E-state index in [1.807, 2.05) is 30.3 Å². The quantitative estimate of drug-likeness (QED) is 0.706. The molecule has 29 heavy (non-hydrogen) atoms. The summed E-state index contributed by atoms with van der Waals surface area (Å²) in [5.41, 5.74) is 2.24. The van der Waals surface area contributed by atoms with Crippen molar-refractivity contribution in [3.8, 4) is 5.75 Å². The van der Waals surface area contributed by atoms with Gasteiger partial charge in [0.15, 0.2) is 0 Å². The predicted octanol–water partition coefficient (Wildman–Crippen LogP) is 2.34. The van der Waals surface area contributed by atoms with Crippen molar-refractivity contribution in [2.24, 2.45) is 5.92 Å². The molecule has 0 saturated carbocycles. The molecule has 1 saturated heterocycles. The summed E-state index contributed by atoms with van der Waals surface area (Å²) in [6.07, 6.45) is 2.06. The molecule has 6 heteroatoms. The first-order chi connectivity index (χ1) is 14.1. The molecule has 2 aromatic carbocycles. The van der Waals surface area contributed by atoms with E-state index < -0.39 is 11.8 Å². The normalized spacial score (nSPS) is 14.9. The number of carbonyl (C=O) groups excluding carboxylic acids is 2. The monoisotopic (exact) mass is 395 g/mol. The summed E-state index contributed by atoms with van der Waals surface area (Å²) < 4.78 is 5.10. The molecule has 0 radical (unpaired) electrons. The average molecular weight is 396 g/mol. The molecule has 1 aliphatic heterocycles. The molecule has 0 aliphatic carbocycles. The summed E-state index contributed by atoms with van der Waals surface area (Å²) in [5.74, 6) is 0.0144. The van der Waals surface area contributed by atoms with Crippen LogP contribution < -0.4 is 15.4 Å². The number of nitrogens with zero attached hydrogens (tertiary/aromatic N) is 1. The fourth-order valence-electron chi connectivity index (χ4n) is 3.51. The number of hydrogen-bond donors (Lipinski definition) is 2. The lowest BCUT2D eigenvalue weighted by atomic mass is 9.96. The standard InChI is InChI=1S/C23H29N3O3/c1-29-21-9-7-18(8-10-21)15-24-22(27)23(28)25-16-19-11-13-26(14-12-19)17-20-5-3-2-4-6-20/h2-10,19H,11-17H2,1H3,(H,24,27)(H,25,28). The van der Waals surface area contributed by atoms with Gasteiger partial charge >= 0.3 is 11.8 Å². The van der Waals surface area contributed by atoms with Gasteiger partial charge in [-0.1, -0.05) is 42.5 Å². The molecule has 0 atom stereocenters. The molecule has 6 nitrogen and oxygen atoms in total. The zero-order valence-electron chi connectivity index (χ0n) is 16.9. The highest BCUT2D eigenvalue weighted by molar-refractivity contribution is 6.35. The van der Waals surface area contributed by atoms with Crippen molar-refractivity contribution in [1.82, 2.24) is 15.5 Å². The lowest BCUT2D eigenvalue weighted by Gasteiger charge is -2.32. The van der Waals surface area contributed by atoms with E-state index in [4.69, 9.17) is 4.74 Å². The van der Waals surface area contributed by atoms with E-state index in [0.29, 0.717) is 19.0 Å². The first kappa shape index (κ1) is 20.9. The molecule has 2 N–H and O–H groups in total. The van der Waals surface area contributed by atoms with E-state index in [1.165, 1.54) is 5.56 Å². The highest BCUT2D eigenvalue weighted by atomic mass is 16.5. The minimum Gasteiger partial charge on any atom is -0.497 e. The van der Waals surface area contributed by atoms with Gasteiger partial charge in [0, 0.05) is 19.6 Å². The maximum absolute atomic E-state index is 12.1. The number of amides is 2. The van der Waals surface area contributed by atoms with E-state index in [9.17, 15) is 9.59 Å². The lowest BCUT2D eigenvalue weighted by Crippen LogP contribution is -2.43. The largest absolute Gasteiger partial charge is 0.497 e. The maximum atomic E-state index is 12.1. The molecule has 0 spiro atoms. The van der Waals surface area contributed by atoms with Crippen LogP contribution in [0.4, 0.5) is 0 Å². The number of carbonyl (C=O) groups is 2. The third-order valence-corrected chi connectivity index (χ3v) is 5.33. The number of rotatable bonds is 7. The average Bonchev–Trinajstić information content (AvgIpc) is 2.77. The topological polar surface area (TPSA) is 70.7 Å². The van der Waals surface area contributed by atoms with Crippen molar-refractivity contribution < 1.29 is 14.3 Å². The van der Waals surface area contributed by atoms with E-state index in [-0.39, 0.29) is 0 Å². The van der Waals surface area contributed by atoms with Crippen LogP contribution in [0, 0.1) is 5.92 Å². The summed E-state index contributed by atoms with van der Waals surface area (Å²) in [5, 5.41) is 5.44. The molecule has 1 aliphatic rings. The first-order valence-corrected chi connectivity index (χ1v) is 10.1. The number of ether oxygens (including phenoxy) is 1. The summed E-state index contributed by atoms with van der Waals surface area (Å²) >= 11 is 0. The highest BCUT2D eigenvalue weighted by Gasteiger charge is 2.21. The van der Waals surface area contributed by atoms with Crippen LogP contribution in [-0.2, 0) is 22.7 Å². The first-order valence-electron chi connectivity index (χ1n) is 10.1. The maximum Gasteiger partial charge on any atom is 0.309 e. The third kappa shape index (κ3) is 6.61. The Morgan fingerprint density at radius 3 is 2.24 bits per heavy atom. The predicted molar refractivity (Wildman–Crippen MR) is 112 cm³/mol. The van der Waals surface area contributed by atoms with Gasteiger partial charge < -0.3 is 15.4 Å². The van der Waals surface area contributed by atoms with Crippen molar-refractivity contribution >= 4 is 11.8 Å². The zero-order valence-corrected chi connectivity index (χ0v) is 16.9. The van der Waals surface area contributed by atoms with Gasteiger partial charge in [-0.05, 0) is 55.1 Å². The second-order valence-corrected chi connectivity index (χ2v) is 7.45. The van der Waals surface area contributed by atoms with Crippen molar-refractivity contribution in [3.63, 3.8) is 0 Å². The van der Waals surface area contributed by atoms with Crippen LogP contribution in [0.15, 0.2) is 54.6 Å². The van der Waals surface area contributed by atoms with E-state index in [2.05, 4.69) is 39.8 Å². The fourth-order valence-corrected chi connectivity index (χ4v) is 3.51. The van der Waals surface area contributed by atoms with Crippen LogP contribution in [0.25, 0.3) is 0 Å². The van der Waals surface area contributed by atoms with Gasteiger partial charge in [0.25, 0.3) is 0 Å². The fraction of sp³-hybridized carbons (Fsp3) is 0.391. The number of hydrogen-bond acceptors (Lipinski definition) is 4. The molecule has 2 amide bonds. The minimum absolute atomic E-state index is 0.314. The second-order valence-electron chi connectivity index (χ2n) is 7.45. The van der Waals surface area contributed by atoms with Gasteiger partial charge in [-0.2, -0.15) is 0 Å². The van der Waals surface area contributed by atoms with Crippen LogP contribution in [0.2, 0.25) is 0 Å². The van der Waals surface area contributed by atoms with Crippen molar-refractivity contribution in [1.29, 1.82) is 0 Å². The smallest absolute Gasteiger partial charge is 0.309 e. The van der Waals surface area contributed by atoms with Crippen molar-refractivity contribution in [2.75, 3.05) is 26.7 Å². The number of methoxy groups -OCH3 is 1. The molecule has 2 aromatic rings. The van der Waals surface area contributed by atoms with Gasteiger partial charge in [0.1, 0.15) is 5.75 Å². The van der Waals surface area contributed by atoms with Gasteiger partial charge in [0.2, 0.25) is 0 Å². The second kappa shape index (κ2) is 10.6. The van der Waals surface area contributed by atoms with Crippen LogP contribution >= 0.6 is 0 Å². The number of nitrogens with one attached hydrogen (secondary N) is 2. The van der Waals surface area contributed by atoms with Crippen molar-refractivity contribution in [2.45, 2.75) is 25.9 Å². The summed E-state index contributed by atoms with van der Waals surface area (Å²) in [7, 11) is 1.61. The van der Waals surface area contributed by atoms with Crippen LogP contribution in [-0.4, -0.2) is 43.5 Å². The van der Waals surface area contributed by atoms with Gasteiger partial charge in [-0.15, -0.1) is 0 Å².